The normalized spacial score (nSPS) is 24.7. The molecule has 0 spiro atoms. The molecule has 2 rings (SSSR count). The molecule has 1 unspecified atom stereocenters. The number of nitrogens with two attached hydrogens (primary N) is 1. The molecule has 1 aliphatic rings. The largest absolute Gasteiger partial charge is 0.494 e. The van der Waals surface area contributed by atoms with Gasteiger partial charge in [0.25, 0.3) is 0 Å². The second-order valence-corrected chi connectivity index (χ2v) is 5.54. The van der Waals surface area contributed by atoms with E-state index in [1.807, 2.05) is 0 Å². The SMILES string of the molecule is COc1cccc(C(N)C2CCC(C(F)(F)F)CC2)c1F. The van der Waals surface area contributed by atoms with E-state index in [4.69, 9.17) is 10.5 Å². The topological polar surface area (TPSA) is 35.2 Å². The smallest absolute Gasteiger partial charge is 0.391 e. The van der Waals surface area contributed by atoms with E-state index in [1.54, 1.807) is 12.1 Å². The molecule has 0 saturated heterocycles. The summed E-state index contributed by atoms with van der Waals surface area (Å²) in [7, 11) is 1.36. The molecule has 0 aliphatic heterocycles. The van der Waals surface area contributed by atoms with Crippen molar-refractivity contribution in [3.8, 4) is 5.75 Å². The van der Waals surface area contributed by atoms with E-state index in [2.05, 4.69) is 0 Å². The van der Waals surface area contributed by atoms with E-state index in [9.17, 15) is 17.6 Å². The maximum Gasteiger partial charge on any atom is 0.391 e. The zero-order valence-corrected chi connectivity index (χ0v) is 11.8. The third kappa shape index (κ3) is 3.48. The van der Waals surface area contributed by atoms with Gasteiger partial charge in [0.2, 0.25) is 0 Å². The summed E-state index contributed by atoms with van der Waals surface area (Å²) in [6.45, 7) is 0. The van der Waals surface area contributed by atoms with Gasteiger partial charge in [-0.1, -0.05) is 12.1 Å². The van der Waals surface area contributed by atoms with Crippen molar-refractivity contribution in [3.63, 3.8) is 0 Å². The van der Waals surface area contributed by atoms with Crippen LogP contribution in [-0.4, -0.2) is 13.3 Å². The first-order chi connectivity index (χ1) is 9.84. The minimum absolute atomic E-state index is 0.0630. The number of rotatable bonds is 3. The highest BCUT2D eigenvalue weighted by molar-refractivity contribution is 5.33. The Hall–Kier alpha value is -1.30. The van der Waals surface area contributed by atoms with Crippen LogP contribution in [0.1, 0.15) is 37.3 Å². The van der Waals surface area contributed by atoms with Gasteiger partial charge in [0.05, 0.1) is 13.0 Å². The fourth-order valence-electron chi connectivity index (χ4n) is 3.00. The van der Waals surface area contributed by atoms with Crippen LogP contribution in [0.4, 0.5) is 17.6 Å². The molecule has 1 aromatic carbocycles. The Bertz CT molecular complexity index is 481. The van der Waals surface area contributed by atoms with Crippen LogP contribution in [0.2, 0.25) is 0 Å². The summed E-state index contributed by atoms with van der Waals surface area (Å²) in [6.07, 6.45) is -3.29. The first-order valence-corrected chi connectivity index (χ1v) is 6.99. The molecule has 1 fully saturated rings. The summed E-state index contributed by atoms with van der Waals surface area (Å²) in [6, 6.07) is 4.09. The molecule has 1 atom stereocenters. The van der Waals surface area contributed by atoms with Crippen molar-refractivity contribution in [1.82, 2.24) is 0 Å². The molecule has 0 radical (unpaired) electrons. The summed E-state index contributed by atoms with van der Waals surface area (Å²) in [5.74, 6) is -1.81. The number of hydrogen-bond acceptors (Lipinski definition) is 2. The van der Waals surface area contributed by atoms with Crippen LogP contribution in [0, 0.1) is 17.7 Å². The molecule has 6 heteroatoms. The van der Waals surface area contributed by atoms with Crippen LogP contribution in [0.15, 0.2) is 18.2 Å². The van der Waals surface area contributed by atoms with Gasteiger partial charge in [-0.3, -0.25) is 0 Å². The Balaban J connectivity index is 2.07. The predicted molar refractivity (Wildman–Crippen MR) is 71.4 cm³/mol. The molecule has 2 N–H and O–H groups in total. The Morgan fingerprint density at radius 2 is 1.81 bits per heavy atom. The Kier molecular flexibility index (Phi) is 4.76. The zero-order valence-electron chi connectivity index (χ0n) is 11.8. The van der Waals surface area contributed by atoms with Gasteiger partial charge < -0.3 is 10.5 Å². The first-order valence-electron chi connectivity index (χ1n) is 6.99. The number of benzene rings is 1. The maximum atomic E-state index is 14.2. The van der Waals surface area contributed by atoms with E-state index >= 15 is 0 Å². The quantitative estimate of drug-likeness (QED) is 0.849. The van der Waals surface area contributed by atoms with Crippen LogP contribution < -0.4 is 10.5 Å². The van der Waals surface area contributed by atoms with Crippen molar-refractivity contribution in [2.45, 2.75) is 37.9 Å². The lowest BCUT2D eigenvalue weighted by molar-refractivity contribution is -0.184. The minimum Gasteiger partial charge on any atom is -0.494 e. The average molecular weight is 305 g/mol. The number of hydrogen-bond donors (Lipinski definition) is 1. The van der Waals surface area contributed by atoms with Gasteiger partial charge in [-0.25, -0.2) is 4.39 Å². The van der Waals surface area contributed by atoms with Crippen molar-refractivity contribution in [1.29, 1.82) is 0 Å². The molecule has 1 saturated carbocycles. The number of alkyl halides is 3. The number of halogens is 4. The van der Waals surface area contributed by atoms with E-state index in [-0.39, 0.29) is 24.5 Å². The van der Waals surface area contributed by atoms with Crippen LogP contribution in [0.25, 0.3) is 0 Å². The van der Waals surface area contributed by atoms with Gasteiger partial charge in [-0.2, -0.15) is 13.2 Å². The molecule has 0 amide bonds. The van der Waals surface area contributed by atoms with Crippen molar-refractivity contribution < 1.29 is 22.3 Å². The third-order valence-electron chi connectivity index (χ3n) is 4.31. The molecule has 0 aromatic heterocycles. The van der Waals surface area contributed by atoms with E-state index in [0.717, 1.165) is 0 Å². The molecule has 1 aliphatic carbocycles. The Morgan fingerprint density at radius 3 is 2.33 bits per heavy atom. The van der Waals surface area contributed by atoms with Crippen LogP contribution >= 0.6 is 0 Å². The molecular weight excluding hydrogens is 286 g/mol. The Labute approximate surface area is 121 Å². The number of ether oxygens (including phenoxy) is 1. The summed E-state index contributed by atoms with van der Waals surface area (Å²) >= 11 is 0. The summed E-state index contributed by atoms with van der Waals surface area (Å²) in [4.78, 5) is 0. The number of methoxy groups -OCH3 is 1. The van der Waals surface area contributed by atoms with Crippen LogP contribution in [-0.2, 0) is 0 Å². The Morgan fingerprint density at radius 1 is 1.19 bits per heavy atom. The van der Waals surface area contributed by atoms with Gasteiger partial charge in [0, 0.05) is 11.6 Å². The van der Waals surface area contributed by atoms with Crippen molar-refractivity contribution in [3.05, 3.63) is 29.6 Å². The van der Waals surface area contributed by atoms with Crippen molar-refractivity contribution >= 4 is 0 Å². The second kappa shape index (κ2) is 6.22. The fraction of sp³-hybridized carbons (Fsp3) is 0.600. The monoisotopic (exact) mass is 305 g/mol. The highest BCUT2D eigenvalue weighted by Crippen LogP contribution is 2.43. The first kappa shape index (κ1) is 16.1. The summed E-state index contributed by atoms with van der Waals surface area (Å²) < 4.78 is 57.0. The molecule has 2 nitrogen and oxygen atoms in total. The lowest BCUT2D eigenvalue weighted by Gasteiger charge is -2.33. The van der Waals surface area contributed by atoms with Crippen LogP contribution in [0.3, 0.4) is 0 Å². The van der Waals surface area contributed by atoms with E-state index in [1.165, 1.54) is 13.2 Å². The van der Waals surface area contributed by atoms with Gasteiger partial charge in [-0.15, -0.1) is 0 Å². The van der Waals surface area contributed by atoms with Gasteiger partial charge >= 0.3 is 6.18 Å². The summed E-state index contributed by atoms with van der Waals surface area (Å²) in [5, 5.41) is 0. The predicted octanol–water partition coefficient (Wildman–Crippen LogP) is 4.20. The van der Waals surface area contributed by atoms with Crippen molar-refractivity contribution in [2.75, 3.05) is 7.11 Å². The minimum atomic E-state index is -4.14. The third-order valence-corrected chi connectivity index (χ3v) is 4.31. The van der Waals surface area contributed by atoms with Crippen LogP contribution in [0.5, 0.6) is 5.75 Å². The highest BCUT2D eigenvalue weighted by Gasteiger charge is 2.42. The molecule has 21 heavy (non-hydrogen) atoms. The van der Waals surface area contributed by atoms with Crippen molar-refractivity contribution in [2.24, 2.45) is 17.6 Å². The molecule has 0 heterocycles. The molecule has 1 aromatic rings. The molecule has 118 valence electrons. The van der Waals surface area contributed by atoms with E-state index in [0.29, 0.717) is 18.4 Å². The van der Waals surface area contributed by atoms with Gasteiger partial charge in [0.15, 0.2) is 11.6 Å². The molecular formula is C15H19F4NO. The van der Waals surface area contributed by atoms with E-state index < -0.39 is 24.0 Å². The average Bonchev–Trinajstić information content (AvgIpc) is 2.46. The van der Waals surface area contributed by atoms with Gasteiger partial charge in [-0.05, 0) is 37.7 Å². The second-order valence-electron chi connectivity index (χ2n) is 5.54. The highest BCUT2D eigenvalue weighted by atomic mass is 19.4. The molecule has 0 bridgehead atoms. The van der Waals surface area contributed by atoms with Gasteiger partial charge in [0.1, 0.15) is 0 Å². The standard InChI is InChI=1S/C15H19F4NO/c1-21-12-4-2-3-11(13(12)16)14(20)9-5-7-10(8-6-9)15(17,18)19/h2-4,9-10,14H,5-8,20H2,1H3. The zero-order chi connectivity index (χ0) is 15.6. The lowest BCUT2D eigenvalue weighted by atomic mass is 9.76. The lowest BCUT2D eigenvalue weighted by Crippen LogP contribution is -2.32. The summed E-state index contributed by atoms with van der Waals surface area (Å²) in [5.41, 5.74) is 6.38. The maximum absolute atomic E-state index is 14.2. The fourth-order valence-corrected chi connectivity index (χ4v) is 3.00.